The first-order valence-electron chi connectivity index (χ1n) is 9.47. The number of nitrogens with one attached hydrogen (secondary N) is 1. The lowest BCUT2D eigenvalue weighted by atomic mass is 10.1. The van der Waals surface area contributed by atoms with E-state index in [2.05, 4.69) is 5.32 Å². The van der Waals surface area contributed by atoms with Gasteiger partial charge in [-0.1, -0.05) is 35.9 Å². The Kier molecular flexibility index (Phi) is 6.85. The number of hydrogen-bond donors (Lipinski definition) is 1. The Bertz CT molecular complexity index is 1370. The highest BCUT2D eigenvalue weighted by molar-refractivity contribution is 7.87. The molecule has 0 aliphatic rings. The predicted octanol–water partition coefficient (Wildman–Crippen LogP) is 4.22. The number of anilines is 1. The van der Waals surface area contributed by atoms with Crippen LogP contribution in [0.2, 0.25) is 0 Å². The van der Waals surface area contributed by atoms with Crippen molar-refractivity contribution in [3.8, 4) is 11.8 Å². The van der Waals surface area contributed by atoms with Crippen molar-refractivity contribution in [3.63, 3.8) is 0 Å². The molecular weight excluding hydrogens is 446 g/mol. The zero-order chi connectivity index (χ0) is 24.0. The van der Waals surface area contributed by atoms with Crippen molar-refractivity contribution in [1.82, 2.24) is 0 Å². The number of rotatable bonds is 7. The van der Waals surface area contributed by atoms with Gasteiger partial charge in [-0.3, -0.25) is 14.9 Å². The van der Waals surface area contributed by atoms with Gasteiger partial charge in [-0.05, 0) is 48.9 Å². The Balaban J connectivity index is 1.74. The molecule has 0 saturated carbocycles. The summed E-state index contributed by atoms with van der Waals surface area (Å²) < 4.78 is 29.9. The largest absolute Gasteiger partial charge is 0.379 e. The number of nitro groups is 1. The molecule has 3 rings (SSSR count). The monoisotopic (exact) mass is 463 g/mol. The molecule has 0 bridgehead atoms. The van der Waals surface area contributed by atoms with Gasteiger partial charge in [0.2, 0.25) is 0 Å². The Hall–Kier alpha value is -4.49. The van der Waals surface area contributed by atoms with Crippen molar-refractivity contribution in [1.29, 1.82) is 5.26 Å². The molecule has 10 heteroatoms. The molecule has 0 aromatic heterocycles. The highest BCUT2D eigenvalue weighted by atomic mass is 32.2. The summed E-state index contributed by atoms with van der Waals surface area (Å²) in [7, 11) is -4.30. The lowest BCUT2D eigenvalue weighted by Crippen LogP contribution is -2.13. The number of amides is 1. The average molecular weight is 463 g/mol. The van der Waals surface area contributed by atoms with Crippen molar-refractivity contribution in [3.05, 3.63) is 99.6 Å². The Labute approximate surface area is 189 Å². The van der Waals surface area contributed by atoms with E-state index in [9.17, 15) is 28.6 Å². The van der Waals surface area contributed by atoms with Gasteiger partial charge in [-0.2, -0.15) is 13.7 Å². The molecule has 0 spiro atoms. The second kappa shape index (κ2) is 9.76. The van der Waals surface area contributed by atoms with Gasteiger partial charge < -0.3 is 9.50 Å². The Morgan fingerprint density at radius 1 is 1.09 bits per heavy atom. The topological polar surface area (TPSA) is 139 Å². The normalized spacial score (nSPS) is 11.3. The molecule has 1 N–H and O–H groups in total. The quantitative estimate of drug-likeness (QED) is 0.182. The van der Waals surface area contributed by atoms with Gasteiger partial charge in [0.05, 0.1) is 4.92 Å². The maximum Gasteiger partial charge on any atom is 0.339 e. The van der Waals surface area contributed by atoms with Crippen LogP contribution in [0.5, 0.6) is 5.75 Å². The number of non-ortho nitro benzene ring substituents is 1. The molecule has 0 unspecified atom stereocenters. The van der Waals surface area contributed by atoms with E-state index in [1.165, 1.54) is 48.5 Å². The van der Waals surface area contributed by atoms with E-state index >= 15 is 0 Å². The van der Waals surface area contributed by atoms with E-state index in [-0.39, 0.29) is 21.9 Å². The van der Waals surface area contributed by atoms with Crippen LogP contribution in [0.4, 0.5) is 11.4 Å². The van der Waals surface area contributed by atoms with Crippen LogP contribution in [0.3, 0.4) is 0 Å². The van der Waals surface area contributed by atoms with E-state index in [1.807, 2.05) is 25.1 Å². The van der Waals surface area contributed by atoms with Crippen molar-refractivity contribution < 1.29 is 22.3 Å². The van der Waals surface area contributed by atoms with E-state index in [1.54, 1.807) is 12.1 Å². The third kappa shape index (κ3) is 6.03. The number of nitrogens with zero attached hydrogens (tertiary/aromatic N) is 2. The third-order valence-corrected chi connectivity index (χ3v) is 5.63. The Morgan fingerprint density at radius 2 is 1.76 bits per heavy atom. The van der Waals surface area contributed by atoms with Gasteiger partial charge in [0.1, 0.15) is 22.3 Å². The zero-order valence-corrected chi connectivity index (χ0v) is 18.1. The molecule has 166 valence electrons. The van der Waals surface area contributed by atoms with E-state index in [0.29, 0.717) is 11.3 Å². The minimum atomic E-state index is -4.30. The summed E-state index contributed by atoms with van der Waals surface area (Å²) in [4.78, 5) is 22.2. The lowest BCUT2D eigenvalue weighted by molar-refractivity contribution is -0.385. The van der Waals surface area contributed by atoms with Crippen molar-refractivity contribution >= 4 is 33.5 Å². The van der Waals surface area contributed by atoms with Gasteiger partial charge in [-0.25, -0.2) is 0 Å². The van der Waals surface area contributed by atoms with Gasteiger partial charge in [0.25, 0.3) is 11.6 Å². The van der Waals surface area contributed by atoms with E-state index in [4.69, 9.17) is 4.18 Å². The van der Waals surface area contributed by atoms with Crippen LogP contribution in [-0.4, -0.2) is 19.2 Å². The summed E-state index contributed by atoms with van der Waals surface area (Å²) in [5.41, 5.74) is 1.51. The maximum atomic E-state index is 12.4. The molecule has 9 nitrogen and oxygen atoms in total. The van der Waals surface area contributed by atoms with Crippen LogP contribution in [0.25, 0.3) is 6.08 Å². The lowest BCUT2D eigenvalue weighted by Gasteiger charge is -2.07. The first kappa shape index (κ1) is 23.2. The molecule has 0 fully saturated rings. The number of nitriles is 1. The highest BCUT2D eigenvalue weighted by Crippen LogP contribution is 2.23. The fourth-order valence-corrected chi connectivity index (χ4v) is 3.67. The number of nitro benzene ring substituents is 1. The van der Waals surface area contributed by atoms with Gasteiger partial charge >= 0.3 is 10.1 Å². The fourth-order valence-electron chi connectivity index (χ4n) is 2.70. The molecule has 0 aliphatic heterocycles. The molecule has 3 aromatic carbocycles. The maximum absolute atomic E-state index is 12.4. The van der Waals surface area contributed by atoms with Gasteiger partial charge in [-0.15, -0.1) is 0 Å². The third-order valence-electron chi connectivity index (χ3n) is 4.39. The van der Waals surface area contributed by atoms with Crippen LogP contribution < -0.4 is 9.50 Å². The number of hydrogen-bond acceptors (Lipinski definition) is 7. The summed E-state index contributed by atoms with van der Waals surface area (Å²) >= 11 is 0. The molecule has 0 radical (unpaired) electrons. The van der Waals surface area contributed by atoms with Gasteiger partial charge in [0.15, 0.2) is 0 Å². The summed E-state index contributed by atoms with van der Waals surface area (Å²) in [6, 6.07) is 19.0. The molecule has 3 aromatic rings. The predicted molar refractivity (Wildman–Crippen MR) is 121 cm³/mol. The zero-order valence-electron chi connectivity index (χ0n) is 17.3. The second-order valence-corrected chi connectivity index (χ2v) is 8.40. The summed E-state index contributed by atoms with van der Waals surface area (Å²) in [5, 5.41) is 22.8. The number of carbonyl (C=O) groups excluding carboxylic acids is 1. The first-order chi connectivity index (χ1) is 15.7. The molecule has 0 atom stereocenters. The molecule has 0 aliphatic carbocycles. The van der Waals surface area contributed by atoms with Crippen molar-refractivity contribution in [2.75, 3.05) is 5.32 Å². The van der Waals surface area contributed by atoms with Gasteiger partial charge in [0, 0.05) is 17.8 Å². The molecule has 1 amide bonds. The SMILES string of the molecule is Cc1ccc(NC(=O)/C(C#N)=C\c2ccc(OS(=O)(=O)c3cccc([N+](=O)[O-])c3)cc2)cc1. The highest BCUT2D eigenvalue weighted by Gasteiger charge is 2.20. The second-order valence-electron chi connectivity index (χ2n) is 6.85. The minimum absolute atomic E-state index is 0.0405. The summed E-state index contributed by atoms with van der Waals surface area (Å²) in [6.07, 6.45) is 1.35. The van der Waals surface area contributed by atoms with Crippen molar-refractivity contribution in [2.45, 2.75) is 11.8 Å². The van der Waals surface area contributed by atoms with Crippen LogP contribution in [0.15, 0.2) is 83.3 Å². The number of benzene rings is 3. The smallest absolute Gasteiger partial charge is 0.339 e. The summed E-state index contributed by atoms with van der Waals surface area (Å²) in [6.45, 7) is 1.91. The standard InChI is InChI=1S/C23H17N3O6S/c1-16-5-9-19(10-6-16)25-23(27)18(15-24)13-17-7-11-21(12-8-17)32-33(30,31)22-4-2-3-20(14-22)26(28)29/h2-14H,1H3,(H,25,27)/b18-13-. The first-order valence-corrected chi connectivity index (χ1v) is 10.9. The minimum Gasteiger partial charge on any atom is -0.379 e. The number of aryl methyl sites for hydroxylation is 1. The molecule has 33 heavy (non-hydrogen) atoms. The fraction of sp³-hybridized carbons (Fsp3) is 0.0435. The van der Waals surface area contributed by atoms with Crippen LogP contribution >= 0.6 is 0 Å². The Morgan fingerprint density at radius 3 is 2.36 bits per heavy atom. The summed E-state index contributed by atoms with van der Waals surface area (Å²) in [5.74, 6) is -0.629. The molecule has 0 heterocycles. The van der Waals surface area contributed by atoms with Crippen LogP contribution in [-0.2, 0) is 14.9 Å². The van der Waals surface area contributed by atoms with E-state index < -0.39 is 20.9 Å². The average Bonchev–Trinajstić information content (AvgIpc) is 2.80. The molecule has 0 saturated heterocycles. The van der Waals surface area contributed by atoms with Crippen molar-refractivity contribution in [2.24, 2.45) is 0 Å². The number of carbonyl (C=O) groups is 1. The van der Waals surface area contributed by atoms with Crippen LogP contribution in [0.1, 0.15) is 11.1 Å². The van der Waals surface area contributed by atoms with Crippen LogP contribution in [0, 0.1) is 28.4 Å². The van der Waals surface area contributed by atoms with E-state index in [0.717, 1.165) is 11.6 Å². The molecular formula is C23H17N3O6S.